The molecule has 0 radical (unpaired) electrons. The summed E-state index contributed by atoms with van der Waals surface area (Å²) in [5.41, 5.74) is 1.03. The molecular formula is C12H13BrO4. The molecule has 0 aliphatic heterocycles. The SMILES string of the molecule is CCOC(=O)Cc1c(C=O)ccc(OC)c1Br. The van der Waals surface area contributed by atoms with Crippen LogP contribution in [0.15, 0.2) is 16.6 Å². The average molecular weight is 301 g/mol. The second kappa shape index (κ2) is 6.39. The molecule has 0 N–H and O–H groups in total. The Morgan fingerprint density at radius 2 is 2.18 bits per heavy atom. The Kier molecular flexibility index (Phi) is 5.15. The molecule has 0 aromatic heterocycles. The molecule has 0 aliphatic rings. The van der Waals surface area contributed by atoms with Crippen LogP contribution in [0.3, 0.4) is 0 Å². The molecule has 0 heterocycles. The quantitative estimate of drug-likeness (QED) is 0.619. The molecule has 0 amide bonds. The van der Waals surface area contributed by atoms with Crippen molar-refractivity contribution >= 4 is 28.2 Å². The molecule has 0 aliphatic carbocycles. The van der Waals surface area contributed by atoms with Crippen LogP contribution in [0.1, 0.15) is 22.8 Å². The molecule has 1 aromatic rings. The van der Waals surface area contributed by atoms with Crippen LogP contribution in [0.5, 0.6) is 5.75 Å². The second-order valence-corrected chi connectivity index (χ2v) is 4.04. The van der Waals surface area contributed by atoms with Gasteiger partial charge in [0.05, 0.1) is 24.6 Å². The van der Waals surface area contributed by atoms with Crippen molar-refractivity contribution < 1.29 is 19.1 Å². The number of benzene rings is 1. The minimum atomic E-state index is -0.371. The smallest absolute Gasteiger partial charge is 0.310 e. The first-order chi connectivity index (χ1) is 8.13. The Hall–Kier alpha value is -1.36. The average Bonchev–Trinajstić information content (AvgIpc) is 2.32. The zero-order valence-corrected chi connectivity index (χ0v) is 11.2. The highest BCUT2D eigenvalue weighted by Crippen LogP contribution is 2.31. The number of esters is 1. The molecule has 0 atom stereocenters. The van der Waals surface area contributed by atoms with Crippen molar-refractivity contribution in [2.45, 2.75) is 13.3 Å². The van der Waals surface area contributed by atoms with Crippen LogP contribution in [0.2, 0.25) is 0 Å². The number of carbonyl (C=O) groups is 2. The van der Waals surface area contributed by atoms with Crippen LogP contribution in [0, 0.1) is 0 Å². The fraction of sp³-hybridized carbons (Fsp3) is 0.333. The molecule has 5 heteroatoms. The van der Waals surface area contributed by atoms with Gasteiger partial charge in [-0.1, -0.05) is 0 Å². The van der Waals surface area contributed by atoms with E-state index >= 15 is 0 Å². The van der Waals surface area contributed by atoms with E-state index in [1.165, 1.54) is 7.11 Å². The molecule has 0 spiro atoms. The second-order valence-electron chi connectivity index (χ2n) is 3.25. The summed E-state index contributed by atoms with van der Waals surface area (Å²) >= 11 is 3.32. The largest absolute Gasteiger partial charge is 0.496 e. The third-order valence-corrected chi connectivity index (χ3v) is 3.09. The number of carbonyl (C=O) groups excluding carboxylic acids is 2. The third kappa shape index (κ3) is 3.30. The zero-order valence-electron chi connectivity index (χ0n) is 9.66. The van der Waals surface area contributed by atoms with Crippen molar-refractivity contribution in [3.05, 3.63) is 27.7 Å². The summed E-state index contributed by atoms with van der Waals surface area (Å²) in [7, 11) is 1.52. The third-order valence-electron chi connectivity index (χ3n) is 2.22. The molecule has 1 aromatic carbocycles. The van der Waals surface area contributed by atoms with Gasteiger partial charge in [0.15, 0.2) is 0 Å². The lowest BCUT2D eigenvalue weighted by molar-refractivity contribution is -0.142. The molecule has 0 saturated heterocycles. The number of rotatable bonds is 5. The van der Waals surface area contributed by atoms with E-state index in [0.717, 1.165) is 0 Å². The fourth-order valence-electron chi connectivity index (χ4n) is 1.42. The Morgan fingerprint density at radius 1 is 1.47 bits per heavy atom. The molecule has 1 rings (SSSR count). The van der Waals surface area contributed by atoms with Gasteiger partial charge in [0, 0.05) is 5.56 Å². The Labute approximate surface area is 108 Å². The molecule has 4 nitrogen and oxygen atoms in total. The number of methoxy groups -OCH3 is 1. The number of aldehydes is 1. The molecule has 92 valence electrons. The lowest BCUT2D eigenvalue weighted by atomic mass is 10.1. The summed E-state index contributed by atoms with van der Waals surface area (Å²) < 4.78 is 10.6. The normalized spacial score (nSPS) is 9.82. The molecule has 0 saturated carbocycles. The summed E-state index contributed by atoms with van der Waals surface area (Å²) in [6.45, 7) is 2.05. The van der Waals surface area contributed by atoms with Gasteiger partial charge in [-0.05, 0) is 40.5 Å². The van der Waals surface area contributed by atoms with Crippen molar-refractivity contribution in [1.29, 1.82) is 0 Å². The minimum absolute atomic E-state index is 0.0414. The van der Waals surface area contributed by atoms with Crippen LogP contribution in [0.4, 0.5) is 0 Å². The number of ether oxygens (including phenoxy) is 2. The summed E-state index contributed by atoms with van der Waals surface area (Å²) in [5.74, 6) is 0.208. The summed E-state index contributed by atoms with van der Waals surface area (Å²) in [5, 5.41) is 0. The summed E-state index contributed by atoms with van der Waals surface area (Å²) in [6.07, 6.45) is 0.748. The van der Waals surface area contributed by atoms with Gasteiger partial charge in [-0.15, -0.1) is 0 Å². The van der Waals surface area contributed by atoms with Gasteiger partial charge in [-0.3, -0.25) is 9.59 Å². The predicted molar refractivity (Wildman–Crippen MR) is 66.4 cm³/mol. The topological polar surface area (TPSA) is 52.6 Å². The first kappa shape index (κ1) is 13.7. The van der Waals surface area contributed by atoms with Gasteiger partial charge in [0.2, 0.25) is 0 Å². The molecule has 0 fully saturated rings. The standard InChI is InChI=1S/C12H13BrO4/c1-3-17-11(15)6-9-8(7-14)4-5-10(16-2)12(9)13/h4-5,7H,3,6H2,1-2H3. The highest BCUT2D eigenvalue weighted by Gasteiger charge is 2.15. The van der Waals surface area contributed by atoms with Gasteiger partial charge in [0.1, 0.15) is 12.0 Å². The van der Waals surface area contributed by atoms with Crippen LogP contribution in [0.25, 0.3) is 0 Å². The van der Waals surface area contributed by atoms with E-state index in [1.807, 2.05) is 0 Å². The number of hydrogen-bond acceptors (Lipinski definition) is 4. The van der Waals surface area contributed by atoms with E-state index in [1.54, 1.807) is 19.1 Å². The maximum Gasteiger partial charge on any atom is 0.310 e. The van der Waals surface area contributed by atoms with Crippen molar-refractivity contribution in [3.63, 3.8) is 0 Å². The maximum absolute atomic E-state index is 11.4. The van der Waals surface area contributed by atoms with E-state index in [-0.39, 0.29) is 12.4 Å². The predicted octanol–water partition coefficient (Wildman–Crippen LogP) is 2.38. The van der Waals surface area contributed by atoms with Crippen molar-refractivity contribution in [3.8, 4) is 5.75 Å². The van der Waals surface area contributed by atoms with Gasteiger partial charge in [-0.2, -0.15) is 0 Å². The fourth-order valence-corrected chi connectivity index (χ4v) is 2.08. The Morgan fingerprint density at radius 3 is 2.71 bits per heavy atom. The summed E-state index contributed by atoms with van der Waals surface area (Å²) in [4.78, 5) is 22.3. The first-order valence-corrected chi connectivity index (χ1v) is 5.89. The number of hydrogen-bond donors (Lipinski definition) is 0. The maximum atomic E-state index is 11.4. The molecule has 0 unspecified atom stereocenters. The Balaban J connectivity index is 3.10. The highest BCUT2D eigenvalue weighted by atomic mass is 79.9. The van der Waals surface area contributed by atoms with Gasteiger partial charge in [0.25, 0.3) is 0 Å². The zero-order chi connectivity index (χ0) is 12.8. The van der Waals surface area contributed by atoms with Crippen LogP contribution in [-0.4, -0.2) is 26.0 Å². The van der Waals surface area contributed by atoms with Crippen molar-refractivity contribution in [1.82, 2.24) is 0 Å². The van der Waals surface area contributed by atoms with Crippen molar-refractivity contribution in [2.75, 3.05) is 13.7 Å². The monoisotopic (exact) mass is 300 g/mol. The Bertz CT molecular complexity index is 429. The summed E-state index contributed by atoms with van der Waals surface area (Å²) in [6, 6.07) is 3.29. The van der Waals surface area contributed by atoms with E-state index in [4.69, 9.17) is 9.47 Å². The van der Waals surface area contributed by atoms with E-state index in [0.29, 0.717) is 34.2 Å². The van der Waals surface area contributed by atoms with E-state index < -0.39 is 0 Å². The highest BCUT2D eigenvalue weighted by molar-refractivity contribution is 9.10. The lowest BCUT2D eigenvalue weighted by Crippen LogP contribution is -2.10. The molecule has 17 heavy (non-hydrogen) atoms. The molecular weight excluding hydrogens is 288 g/mol. The van der Waals surface area contributed by atoms with Crippen LogP contribution >= 0.6 is 15.9 Å². The minimum Gasteiger partial charge on any atom is -0.496 e. The van der Waals surface area contributed by atoms with E-state index in [2.05, 4.69) is 15.9 Å². The van der Waals surface area contributed by atoms with E-state index in [9.17, 15) is 9.59 Å². The van der Waals surface area contributed by atoms with Gasteiger partial charge < -0.3 is 9.47 Å². The van der Waals surface area contributed by atoms with Crippen LogP contribution in [-0.2, 0) is 16.0 Å². The first-order valence-electron chi connectivity index (χ1n) is 5.10. The van der Waals surface area contributed by atoms with Gasteiger partial charge in [-0.25, -0.2) is 0 Å². The number of halogens is 1. The lowest BCUT2D eigenvalue weighted by Gasteiger charge is -2.11. The molecule has 0 bridgehead atoms. The van der Waals surface area contributed by atoms with Crippen LogP contribution < -0.4 is 4.74 Å². The van der Waals surface area contributed by atoms with Crippen molar-refractivity contribution in [2.24, 2.45) is 0 Å². The van der Waals surface area contributed by atoms with Gasteiger partial charge >= 0.3 is 5.97 Å².